The van der Waals surface area contributed by atoms with Crippen molar-refractivity contribution >= 4 is 5.91 Å². The van der Waals surface area contributed by atoms with Crippen molar-refractivity contribution in [2.24, 2.45) is 5.92 Å². The lowest BCUT2D eigenvalue weighted by Gasteiger charge is -2.45. The fraction of sp³-hybridized carbons (Fsp3) is 0.778. The number of ether oxygens (including phenoxy) is 1. The molecule has 0 unspecified atom stereocenters. The molecule has 3 rings (SSSR count). The van der Waals surface area contributed by atoms with Gasteiger partial charge in [-0.25, -0.2) is 0 Å². The number of piperidine rings is 1. The minimum atomic E-state index is 0.102. The van der Waals surface area contributed by atoms with Gasteiger partial charge in [0.1, 0.15) is 5.76 Å². The van der Waals surface area contributed by atoms with Gasteiger partial charge in [-0.3, -0.25) is 9.69 Å². The molecule has 0 spiro atoms. The number of aliphatic hydroxyl groups excluding tert-OH is 1. The smallest absolute Gasteiger partial charge is 0.230 e. The molecule has 0 aromatic carbocycles. The summed E-state index contributed by atoms with van der Waals surface area (Å²) < 4.78 is 10.7. The van der Waals surface area contributed by atoms with Gasteiger partial charge in [0.2, 0.25) is 5.91 Å². The van der Waals surface area contributed by atoms with Crippen LogP contribution >= 0.6 is 0 Å². The number of carbonyl (C=O) groups is 1. The van der Waals surface area contributed by atoms with Crippen molar-refractivity contribution in [2.45, 2.75) is 38.6 Å². The molecule has 0 bridgehead atoms. The number of nitrogens with zero attached hydrogens (tertiary/aromatic N) is 3. The van der Waals surface area contributed by atoms with Crippen molar-refractivity contribution in [1.82, 2.24) is 15.0 Å². The lowest BCUT2D eigenvalue weighted by atomic mass is 9.86. The van der Waals surface area contributed by atoms with E-state index in [1.807, 2.05) is 17.9 Å². The zero-order chi connectivity index (χ0) is 17.6. The summed E-state index contributed by atoms with van der Waals surface area (Å²) in [7, 11) is 0. The van der Waals surface area contributed by atoms with E-state index in [9.17, 15) is 9.90 Å². The monoisotopic (exact) mass is 351 g/mol. The van der Waals surface area contributed by atoms with E-state index in [-0.39, 0.29) is 18.9 Å². The van der Waals surface area contributed by atoms with Crippen molar-refractivity contribution in [3.8, 4) is 0 Å². The molecule has 1 amide bonds. The molecule has 3 heterocycles. The normalized spacial score (nSPS) is 25.3. The predicted octanol–water partition coefficient (Wildman–Crippen LogP) is 0.847. The van der Waals surface area contributed by atoms with Gasteiger partial charge in [-0.1, -0.05) is 5.16 Å². The van der Waals surface area contributed by atoms with Gasteiger partial charge in [0.25, 0.3) is 0 Å². The molecule has 7 nitrogen and oxygen atoms in total. The van der Waals surface area contributed by atoms with Crippen molar-refractivity contribution in [3.05, 3.63) is 17.5 Å². The Kier molecular flexibility index (Phi) is 6.45. The number of morpholine rings is 1. The van der Waals surface area contributed by atoms with Gasteiger partial charge in [0.05, 0.1) is 25.3 Å². The minimum absolute atomic E-state index is 0.102. The Hall–Kier alpha value is -1.44. The first-order valence-corrected chi connectivity index (χ1v) is 9.30. The van der Waals surface area contributed by atoms with Crippen LogP contribution in [-0.2, 0) is 16.0 Å². The molecule has 2 aliphatic rings. The van der Waals surface area contributed by atoms with Crippen LogP contribution < -0.4 is 0 Å². The molecule has 7 heteroatoms. The van der Waals surface area contributed by atoms with E-state index in [2.05, 4.69) is 10.1 Å². The van der Waals surface area contributed by atoms with Crippen LogP contribution in [0.4, 0.5) is 0 Å². The van der Waals surface area contributed by atoms with Crippen LogP contribution in [0.15, 0.2) is 10.6 Å². The molecule has 0 radical (unpaired) electrons. The summed E-state index contributed by atoms with van der Waals surface area (Å²) in [6, 6.07) is 2.30. The quantitative estimate of drug-likeness (QED) is 0.818. The van der Waals surface area contributed by atoms with Gasteiger partial charge >= 0.3 is 0 Å². The number of likely N-dealkylation sites (tertiary alicyclic amines) is 1. The summed E-state index contributed by atoms with van der Waals surface area (Å²) >= 11 is 0. The standard InChI is InChI=1S/C18H29N3O4/c1-14-11-16(25-19-14)12-18(23)21-5-4-17(15(13-21)3-2-8-22)20-6-9-24-10-7-20/h11,15,17,22H,2-10,12-13H2,1H3/t15-,17+/m1/s1. The highest BCUT2D eigenvalue weighted by Crippen LogP contribution is 2.27. The molecule has 0 aliphatic carbocycles. The zero-order valence-corrected chi connectivity index (χ0v) is 15.0. The van der Waals surface area contributed by atoms with Gasteiger partial charge in [-0.05, 0) is 32.1 Å². The summed E-state index contributed by atoms with van der Waals surface area (Å²) in [5.41, 5.74) is 0.801. The fourth-order valence-electron chi connectivity index (χ4n) is 4.03. The van der Waals surface area contributed by atoms with Gasteiger partial charge in [0.15, 0.2) is 0 Å². The molecule has 1 aromatic rings. The van der Waals surface area contributed by atoms with Crippen molar-refractivity contribution in [2.75, 3.05) is 46.0 Å². The Bertz CT molecular complexity index is 556. The number of aryl methyl sites for hydroxylation is 1. The SMILES string of the molecule is Cc1cc(CC(=O)N2CC[C@H](N3CCOCC3)[C@H](CCCO)C2)on1. The highest BCUT2D eigenvalue weighted by molar-refractivity contribution is 5.78. The number of rotatable bonds is 6. The summed E-state index contributed by atoms with van der Waals surface area (Å²) in [4.78, 5) is 17.1. The molecule has 1 N–H and O–H groups in total. The first-order valence-electron chi connectivity index (χ1n) is 9.30. The van der Waals surface area contributed by atoms with E-state index in [4.69, 9.17) is 9.26 Å². The van der Waals surface area contributed by atoms with E-state index in [1.54, 1.807) is 0 Å². The topological polar surface area (TPSA) is 79.0 Å². The largest absolute Gasteiger partial charge is 0.396 e. The summed E-state index contributed by atoms with van der Waals surface area (Å²) in [6.07, 6.45) is 2.99. The number of carbonyl (C=O) groups excluding carboxylic acids is 1. The van der Waals surface area contributed by atoms with Gasteiger partial charge in [-0.2, -0.15) is 0 Å². The summed E-state index contributed by atoms with van der Waals surface area (Å²) in [6.45, 7) is 7.11. The highest BCUT2D eigenvalue weighted by Gasteiger charge is 2.35. The Morgan fingerprint density at radius 2 is 2.16 bits per heavy atom. The number of hydrogen-bond acceptors (Lipinski definition) is 6. The first kappa shape index (κ1) is 18.4. The molecule has 2 fully saturated rings. The number of aliphatic hydroxyl groups is 1. The van der Waals surface area contributed by atoms with E-state index < -0.39 is 0 Å². The number of hydrogen-bond donors (Lipinski definition) is 1. The van der Waals surface area contributed by atoms with Gasteiger partial charge in [-0.15, -0.1) is 0 Å². The maximum Gasteiger partial charge on any atom is 0.230 e. The molecule has 2 atom stereocenters. The molecule has 2 saturated heterocycles. The van der Waals surface area contributed by atoms with Crippen LogP contribution in [0.1, 0.15) is 30.7 Å². The molecule has 0 saturated carbocycles. The Morgan fingerprint density at radius 1 is 1.36 bits per heavy atom. The maximum atomic E-state index is 12.6. The summed E-state index contributed by atoms with van der Waals surface area (Å²) in [5, 5.41) is 13.1. The first-order chi connectivity index (χ1) is 12.2. The average Bonchev–Trinajstić information content (AvgIpc) is 3.05. The average molecular weight is 351 g/mol. The van der Waals surface area contributed by atoms with Crippen LogP contribution in [0.3, 0.4) is 0 Å². The fourth-order valence-corrected chi connectivity index (χ4v) is 4.03. The molecule has 1 aromatic heterocycles. The third-order valence-electron chi connectivity index (χ3n) is 5.30. The molecular weight excluding hydrogens is 322 g/mol. The lowest BCUT2D eigenvalue weighted by Crippen LogP contribution is -2.55. The summed E-state index contributed by atoms with van der Waals surface area (Å²) in [5.74, 6) is 1.13. The Balaban J connectivity index is 1.60. The molecule has 25 heavy (non-hydrogen) atoms. The van der Waals surface area contributed by atoms with Crippen LogP contribution in [0.25, 0.3) is 0 Å². The second-order valence-corrected chi connectivity index (χ2v) is 7.08. The van der Waals surface area contributed by atoms with E-state index in [0.29, 0.717) is 17.7 Å². The predicted molar refractivity (Wildman–Crippen MR) is 92.1 cm³/mol. The second kappa shape index (κ2) is 8.78. The second-order valence-electron chi connectivity index (χ2n) is 7.08. The van der Waals surface area contributed by atoms with Crippen LogP contribution in [0, 0.1) is 12.8 Å². The van der Waals surface area contributed by atoms with Gasteiger partial charge < -0.3 is 19.3 Å². The lowest BCUT2D eigenvalue weighted by molar-refractivity contribution is -0.134. The number of amides is 1. The molecule has 140 valence electrons. The van der Waals surface area contributed by atoms with E-state index in [0.717, 1.165) is 64.3 Å². The molecule has 2 aliphatic heterocycles. The van der Waals surface area contributed by atoms with Crippen LogP contribution in [0.5, 0.6) is 0 Å². The highest BCUT2D eigenvalue weighted by atomic mass is 16.5. The van der Waals surface area contributed by atoms with Gasteiger partial charge in [0, 0.05) is 44.9 Å². The Labute approximate surface area is 148 Å². The van der Waals surface area contributed by atoms with Crippen molar-refractivity contribution in [3.63, 3.8) is 0 Å². The maximum absolute atomic E-state index is 12.6. The number of aromatic nitrogens is 1. The molecular formula is C18H29N3O4. The van der Waals surface area contributed by atoms with E-state index >= 15 is 0 Å². The third-order valence-corrected chi connectivity index (χ3v) is 5.30. The van der Waals surface area contributed by atoms with Crippen molar-refractivity contribution < 1.29 is 19.2 Å². The van der Waals surface area contributed by atoms with E-state index in [1.165, 1.54) is 0 Å². The van der Waals surface area contributed by atoms with Crippen LogP contribution in [0.2, 0.25) is 0 Å². The van der Waals surface area contributed by atoms with Crippen LogP contribution in [-0.4, -0.2) is 78.0 Å². The zero-order valence-electron chi connectivity index (χ0n) is 15.0. The third kappa shape index (κ3) is 4.80. The minimum Gasteiger partial charge on any atom is -0.396 e. The van der Waals surface area contributed by atoms with Crippen molar-refractivity contribution in [1.29, 1.82) is 0 Å². The Morgan fingerprint density at radius 3 is 2.84 bits per heavy atom.